The van der Waals surface area contributed by atoms with Gasteiger partial charge in [-0.05, 0) is 51.2 Å². The van der Waals surface area contributed by atoms with Crippen molar-refractivity contribution in [2.24, 2.45) is 0 Å². The Kier molecular flexibility index (Phi) is 2.01. The van der Waals surface area contributed by atoms with Crippen LogP contribution in [0, 0.1) is 11.3 Å². The summed E-state index contributed by atoms with van der Waals surface area (Å²) in [4.78, 5) is 0. The summed E-state index contributed by atoms with van der Waals surface area (Å²) in [5.74, 6) is 0. The molecule has 1 aliphatic rings. The van der Waals surface area contributed by atoms with Crippen LogP contribution >= 0.6 is 0 Å². The third kappa shape index (κ3) is 1.41. The van der Waals surface area contributed by atoms with E-state index in [1.807, 2.05) is 18.2 Å². The van der Waals surface area contributed by atoms with Crippen molar-refractivity contribution in [3.63, 3.8) is 0 Å². The maximum absolute atomic E-state index is 9.06. The molecule has 0 fully saturated rings. The fourth-order valence-electron chi connectivity index (χ4n) is 2.97. The second-order valence-corrected chi connectivity index (χ2v) is 4.95. The summed E-state index contributed by atoms with van der Waals surface area (Å²) in [6, 6.07) is 16.8. The minimum Gasteiger partial charge on any atom is -0.192 e. The number of fused-ring (bicyclic) bond motifs is 5. The predicted octanol–water partition coefficient (Wildman–Crippen LogP) is 4.43. The third-order valence-electron chi connectivity index (χ3n) is 3.91. The number of nitrogens with zero attached hydrogens (tertiary/aromatic N) is 1. The van der Waals surface area contributed by atoms with Gasteiger partial charge in [-0.25, -0.2) is 0 Å². The van der Waals surface area contributed by atoms with Gasteiger partial charge in [0.2, 0.25) is 0 Å². The lowest BCUT2D eigenvalue weighted by atomic mass is 9.95. The van der Waals surface area contributed by atoms with Crippen molar-refractivity contribution in [3.05, 3.63) is 65.2 Å². The molecule has 88 valence electrons. The van der Waals surface area contributed by atoms with E-state index in [2.05, 4.69) is 42.5 Å². The lowest BCUT2D eigenvalue weighted by Crippen LogP contribution is -1.87. The van der Waals surface area contributed by atoms with Gasteiger partial charge in [-0.15, -0.1) is 0 Å². The molecule has 1 aliphatic carbocycles. The van der Waals surface area contributed by atoms with Gasteiger partial charge in [0.25, 0.3) is 0 Å². The molecule has 0 aromatic heterocycles. The van der Waals surface area contributed by atoms with Crippen LogP contribution in [0.15, 0.2) is 48.5 Å². The zero-order valence-corrected chi connectivity index (χ0v) is 10.4. The molecule has 1 heteroatoms. The van der Waals surface area contributed by atoms with Crippen LogP contribution in [0.4, 0.5) is 0 Å². The summed E-state index contributed by atoms with van der Waals surface area (Å²) < 4.78 is 0. The highest BCUT2D eigenvalue weighted by Crippen LogP contribution is 2.33. The van der Waals surface area contributed by atoms with Crippen LogP contribution in [-0.4, -0.2) is 0 Å². The monoisotopic (exact) mass is 241 g/mol. The predicted molar refractivity (Wildman–Crippen MR) is 78.9 cm³/mol. The lowest BCUT2D eigenvalue weighted by molar-refractivity contribution is 1.35. The number of rotatable bonds is 0. The Morgan fingerprint density at radius 1 is 0.895 bits per heavy atom. The second-order valence-electron chi connectivity index (χ2n) is 4.95. The molecular weight excluding hydrogens is 230 g/mol. The topological polar surface area (TPSA) is 23.8 Å². The van der Waals surface area contributed by atoms with Gasteiger partial charge < -0.3 is 0 Å². The van der Waals surface area contributed by atoms with Crippen LogP contribution < -0.4 is 0 Å². The highest BCUT2D eigenvalue weighted by atomic mass is 14.2. The zero-order valence-electron chi connectivity index (χ0n) is 10.4. The lowest BCUT2D eigenvalue weighted by Gasteiger charge is -2.09. The van der Waals surface area contributed by atoms with Gasteiger partial charge in [-0.2, -0.15) is 5.26 Å². The summed E-state index contributed by atoms with van der Waals surface area (Å²) >= 11 is 0. The molecule has 0 radical (unpaired) electrons. The van der Waals surface area contributed by atoms with E-state index in [4.69, 9.17) is 5.26 Å². The van der Waals surface area contributed by atoms with Crippen molar-refractivity contribution < 1.29 is 0 Å². The van der Waals surface area contributed by atoms with Crippen LogP contribution in [0.25, 0.3) is 27.6 Å². The Morgan fingerprint density at radius 3 is 2.63 bits per heavy atom. The average Bonchev–Trinajstić information content (AvgIpc) is 2.94. The molecule has 0 heterocycles. The SMILES string of the molecule is N#Cc1ccc2ccc3c4c(ccc3c2c1)C=CC4. The van der Waals surface area contributed by atoms with Gasteiger partial charge in [0.05, 0.1) is 11.6 Å². The van der Waals surface area contributed by atoms with Gasteiger partial charge in [-0.1, -0.05) is 42.5 Å². The first-order chi connectivity index (χ1) is 9.36. The maximum Gasteiger partial charge on any atom is 0.0991 e. The minimum atomic E-state index is 0.721. The van der Waals surface area contributed by atoms with Crippen LogP contribution in [0.2, 0.25) is 0 Å². The zero-order chi connectivity index (χ0) is 12.8. The molecule has 3 aromatic rings. The molecule has 3 aromatic carbocycles. The van der Waals surface area contributed by atoms with Gasteiger partial charge in [0, 0.05) is 0 Å². The average molecular weight is 241 g/mol. The Labute approximate surface area is 111 Å². The highest BCUT2D eigenvalue weighted by Gasteiger charge is 2.11. The molecule has 0 amide bonds. The molecule has 0 N–H and O–H groups in total. The van der Waals surface area contributed by atoms with E-state index in [-0.39, 0.29) is 0 Å². The first-order valence-corrected chi connectivity index (χ1v) is 6.42. The Balaban J connectivity index is 2.18. The van der Waals surface area contributed by atoms with Gasteiger partial charge in [-0.3, -0.25) is 0 Å². The van der Waals surface area contributed by atoms with E-state index in [0.717, 1.165) is 12.0 Å². The van der Waals surface area contributed by atoms with E-state index in [1.54, 1.807) is 0 Å². The van der Waals surface area contributed by atoms with Crippen molar-refractivity contribution in [3.8, 4) is 6.07 Å². The maximum atomic E-state index is 9.06. The molecule has 0 aliphatic heterocycles. The van der Waals surface area contributed by atoms with Crippen molar-refractivity contribution in [1.82, 2.24) is 0 Å². The van der Waals surface area contributed by atoms with Crippen molar-refractivity contribution in [2.75, 3.05) is 0 Å². The Hall–Kier alpha value is -2.59. The standard InChI is InChI=1S/C18H11N/c19-11-12-4-5-14-7-8-16-15-3-1-2-13(15)6-9-17(16)18(14)10-12/h1-2,4-10H,3H2. The minimum absolute atomic E-state index is 0.721. The van der Waals surface area contributed by atoms with Gasteiger partial charge >= 0.3 is 0 Å². The molecule has 1 nitrogen and oxygen atoms in total. The second kappa shape index (κ2) is 3.70. The largest absolute Gasteiger partial charge is 0.192 e. The highest BCUT2D eigenvalue weighted by molar-refractivity contribution is 6.09. The molecule has 0 saturated carbocycles. The normalized spacial score (nSPS) is 12.8. The van der Waals surface area contributed by atoms with E-state index in [9.17, 15) is 0 Å². The number of benzene rings is 3. The summed E-state index contributed by atoms with van der Waals surface area (Å²) in [5, 5.41) is 14.0. The van der Waals surface area contributed by atoms with E-state index in [0.29, 0.717) is 0 Å². The summed E-state index contributed by atoms with van der Waals surface area (Å²) in [6.45, 7) is 0. The summed E-state index contributed by atoms with van der Waals surface area (Å²) in [6.07, 6.45) is 5.40. The molecule has 0 saturated heterocycles. The fraction of sp³-hybridized carbons (Fsp3) is 0.0556. The third-order valence-corrected chi connectivity index (χ3v) is 3.91. The number of allylic oxidation sites excluding steroid dienone is 1. The van der Waals surface area contributed by atoms with Crippen LogP contribution in [0.1, 0.15) is 16.7 Å². The van der Waals surface area contributed by atoms with Crippen molar-refractivity contribution in [2.45, 2.75) is 6.42 Å². The molecule has 0 bridgehead atoms. The molecule has 0 spiro atoms. The van der Waals surface area contributed by atoms with Crippen molar-refractivity contribution >= 4 is 27.6 Å². The summed E-state index contributed by atoms with van der Waals surface area (Å²) in [7, 11) is 0. The number of nitriles is 1. The fourth-order valence-corrected chi connectivity index (χ4v) is 2.97. The van der Waals surface area contributed by atoms with Gasteiger partial charge in [0.15, 0.2) is 0 Å². The number of hydrogen-bond donors (Lipinski definition) is 0. The van der Waals surface area contributed by atoms with E-state index < -0.39 is 0 Å². The molecular formula is C18H11N. The molecule has 0 unspecified atom stereocenters. The Bertz CT molecular complexity index is 895. The Morgan fingerprint density at radius 2 is 1.74 bits per heavy atom. The van der Waals surface area contributed by atoms with Crippen LogP contribution in [0.3, 0.4) is 0 Å². The number of hydrogen-bond acceptors (Lipinski definition) is 1. The van der Waals surface area contributed by atoms with Crippen LogP contribution in [-0.2, 0) is 6.42 Å². The van der Waals surface area contributed by atoms with Crippen molar-refractivity contribution in [1.29, 1.82) is 5.26 Å². The molecule has 19 heavy (non-hydrogen) atoms. The van der Waals surface area contributed by atoms with E-state index >= 15 is 0 Å². The molecule has 4 rings (SSSR count). The van der Waals surface area contributed by atoms with Crippen LogP contribution in [0.5, 0.6) is 0 Å². The first kappa shape index (κ1) is 10.3. The summed E-state index contributed by atoms with van der Waals surface area (Å²) in [5.41, 5.74) is 3.45. The first-order valence-electron chi connectivity index (χ1n) is 6.42. The van der Waals surface area contributed by atoms with E-state index in [1.165, 1.54) is 32.7 Å². The van der Waals surface area contributed by atoms with Gasteiger partial charge in [0.1, 0.15) is 0 Å². The smallest absolute Gasteiger partial charge is 0.0991 e. The quantitative estimate of drug-likeness (QED) is 0.534. The molecule has 0 atom stereocenters.